The maximum atomic E-state index is 13.0. The number of ether oxygens (including phenoxy) is 1. The molecule has 3 rings (SSSR count). The van der Waals surface area contributed by atoms with Gasteiger partial charge >= 0.3 is 0 Å². The van der Waals surface area contributed by atoms with Gasteiger partial charge in [0.05, 0.1) is 17.7 Å². The number of anilines is 1. The minimum Gasteiger partial charge on any atom is -0.497 e. The quantitative estimate of drug-likeness (QED) is 0.784. The molecule has 0 aromatic heterocycles. The number of amides is 1. The van der Waals surface area contributed by atoms with Crippen LogP contribution in [-0.4, -0.2) is 47.6 Å². The molecule has 0 radical (unpaired) electrons. The van der Waals surface area contributed by atoms with Crippen molar-refractivity contribution in [3.8, 4) is 5.75 Å². The number of nitrogens with zero attached hydrogens (tertiary/aromatic N) is 1. The first kappa shape index (κ1) is 19.2. The molecule has 0 spiro atoms. The van der Waals surface area contributed by atoms with E-state index < -0.39 is 10.0 Å². The summed E-state index contributed by atoms with van der Waals surface area (Å²) in [7, 11) is -0.765. The van der Waals surface area contributed by atoms with Gasteiger partial charge in [-0.15, -0.1) is 0 Å². The van der Waals surface area contributed by atoms with E-state index in [4.69, 9.17) is 4.74 Å². The molecule has 1 fully saturated rings. The van der Waals surface area contributed by atoms with Crippen LogP contribution in [0, 0.1) is 0 Å². The van der Waals surface area contributed by atoms with Crippen LogP contribution in [0.15, 0.2) is 53.4 Å². The van der Waals surface area contributed by atoms with Crippen molar-refractivity contribution in [2.75, 3.05) is 31.6 Å². The van der Waals surface area contributed by atoms with Gasteiger partial charge in [-0.1, -0.05) is 6.07 Å². The molecule has 8 heteroatoms. The van der Waals surface area contributed by atoms with Crippen LogP contribution in [0.4, 0.5) is 5.69 Å². The van der Waals surface area contributed by atoms with Crippen LogP contribution in [0.1, 0.15) is 16.8 Å². The zero-order chi connectivity index (χ0) is 19.4. The number of carbonyl (C=O) groups is 1. The SMILES string of the molecule is COc1ccc(N(C)S(=O)(=O)c2cccc(C(=O)NC3CCNC3)c2)cc1. The van der Waals surface area contributed by atoms with Gasteiger partial charge in [-0.05, 0) is 55.4 Å². The smallest absolute Gasteiger partial charge is 0.264 e. The molecule has 144 valence electrons. The molecule has 2 aromatic rings. The average Bonchev–Trinajstić information content (AvgIpc) is 3.20. The number of hydrogen-bond donors (Lipinski definition) is 2. The Balaban J connectivity index is 1.82. The van der Waals surface area contributed by atoms with Gasteiger partial charge in [0.15, 0.2) is 0 Å². The van der Waals surface area contributed by atoms with Crippen molar-refractivity contribution in [1.82, 2.24) is 10.6 Å². The second-order valence-corrected chi connectivity index (χ2v) is 8.33. The molecular formula is C19H23N3O4S. The summed E-state index contributed by atoms with van der Waals surface area (Å²) >= 11 is 0. The fourth-order valence-corrected chi connectivity index (χ4v) is 4.18. The highest BCUT2D eigenvalue weighted by Crippen LogP contribution is 2.24. The molecule has 1 heterocycles. The van der Waals surface area contributed by atoms with E-state index in [9.17, 15) is 13.2 Å². The summed E-state index contributed by atoms with van der Waals surface area (Å²) in [4.78, 5) is 12.5. The molecule has 1 unspecified atom stereocenters. The second kappa shape index (κ2) is 7.98. The first-order chi connectivity index (χ1) is 12.9. The highest BCUT2D eigenvalue weighted by atomic mass is 32.2. The van der Waals surface area contributed by atoms with Crippen LogP contribution in [-0.2, 0) is 10.0 Å². The van der Waals surface area contributed by atoms with Gasteiger partial charge < -0.3 is 15.4 Å². The van der Waals surface area contributed by atoms with Gasteiger partial charge in [-0.25, -0.2) is 8.42 Å². The number of nitrogens with one attached hydrogen (secondary N) is 2. The molecular weight excluding hydrogens is 366 g/mol. The van der Waals surface area contributed by atoms with E-state index >= 15 is 0 Å². The molecule has 7 nitrogen and oxygen atoms in total. The Hall–Kier alpha value is -2.58. The Bertz CT molecular complexity index is 907. The lowest BCUT2D eigenvalue weighted by molar-refractivity contribution is 0.0940. The summed E-state index contributed by atoms with van der Waals surface area (Å²) in [6, 6.07) is 12.9. The van der Waals surface area contributed by atoms with Crippen LogP contribution in [0.3, 0.4) is 0 Å². The maximum Gasteiger partial charge on any atom is 0.264 e. The summed E-state index contributed by atoms with van der Waals surface area (Å²) in [5.74, 6) is 0.373. The predicted octanol–water partition coefficient (Wildman–Crippen LogP) is 1.61. The van der Waals surface area contributed by atoms with Crippen LogP contribution in [0.2, 0.25) is 0 Å². The lowest BCUT2D eigenvalue weighted by atomic mass is 10.2. The van der Waals surface area contributed by atoms with Crippen LogP contribution in [0.5, 0.6) is 5.75 Å². The molecule has 0 saturated carbocycles. The van der Waals surface area contributed by atoms with Gasteiger partial charge in [0, 0.05) is 25.2 Å². The highest BCUT2D eigenvalue weighted by Gasteiger charge is 2.23. The van der Waals surface area contributed by atoms with E-state index in [0.717, 1.165) is 19.5 Å². The molecule has 1 amide bonds. The molecule has 0 aliphatic carbocycles. The lowest BCUT2D eigenvalue weighted by Gasteiger charge is -2.20. The minimum absolute atomic E-state index is 0.0676. The predicted molar refractivity (Wildman–Crippen MR) is 104 cm³/mol. The Labute approximate surface area is 159 Å². The topological polar surface area (TPSA) is 87.7 Å². The number of methoxy groups -OCH3 is 1. The molecule has 1 aliphatic heterocycles. The Morgan fingerprint density at radius 1 is 1.22 bits per heavy atom. The van der Waals surface area contributed by atoms with Crippen molar-refractivity contribution < 1.29 is 17.9 Å². The Kier molecular flexibility index (Phi) is 5.67. The van der Waals surface area contributed by atoms with Gasteiger partial charge in [-0.3, -0.25) is 9.10 Å². The van der Waals surface area contributed by atoms with E-state index in [2.05, 4.69) is 10.6 Å². The Morgan fingerprint density at radius 3 is 2.59 bits per heavy atom. The van der Waals surface area contributed by atoms with E-state index in [1.165, 1.54) is 23.5 Å². The van der Waals surface area contributed by atoms with Crippen molar-refractivity contribution in [2.45, 2.75) is 17.4 Å². The van der Waals surface area contributed by atoms with Gasteiger partial charge in [0.2, 0.25) is 0 Å². The monoisotopic (exact) mass is 389 g/mol. The number of carbonyl (C=O) groups excluding carboxylic acids is 1. The van der Waals surface area contributed by atoms with E-state index in [1.807, 2.05) is 0 Å². The highest BCUT2D eigenvalue weighted by molar-refractivity contribution is 7.92. The van der Waals surface area contributed by atoms with Crippen molar-refractivity contribution in [3.05, 3.63) is 54.1 Å². The van der Waals surface area contributed by atoms with Crippen molar-refractivity contribution in [3.63, 3.8) is 0 Å². The van der Waals surface area contributed by atoms with Gasteiger partial charge in [-0.2, -0.15) is 0 Å². The summed E-state index contributed by atoms with van der Waals surface area (Å²) in [5.41, 5.74) is 0.828. The Morgan fingerprint density at radius 2 is 1.96 bits per heavy atom. The fraction of sp³-hybridized carbons (Fsp3) is 0.316. The van der Waals surface area contributed by atoms with Gasteiger partial charge in [0.1, 0.15) is 5.75 Å². The van der Waals surface area contributed by atoms with E-state index in [0.29, 0.717) is 17.0 Å². The van der Waals surface area contributed by atoms with Crippen molar-refractivity contribution in [1.29, 1.82) is 0 Å². The molecule has 2 aromatic carbocycles. The lowest BCUT2D eigenvalue weighted by Crippen LogP contribution is -2.36. The third-order valence-corrected chi connectivity index (χ3v) is 6.37. The zero-order valence-electron chi connectivity index (χ0n) is 15.3. The fourth-order valence-electron chi connectivity index (χ4n) is 2.93. The second-order valence-electron chi connectivity index (χ2n) is 6.36. The van der Waals surface area contributed by atoms with Crippen molar-refractivity contribution in [2.24, 2.45) is 0 Å². The first-order valence-electron chi connectivity index (χ1n) is 8.66. The van der Waals surface area contributed by atoms with Gasteiger partial charge in [0.25, 0.3) is 15.9 Å². The van der Waals surface area contributed by atoms with Crippen molar-refractivity contribution >= 4 is 21.6 Å². The number of hydrogen-bond acceptors (Lipinski definition) is 5. The average molecular weight is 389 g/mol. The number of sulfonamides is 1. The third-order valence-electron chi connectivity index (χ3n) is 4.59. The summed E-state index contributed by atoms with van der Waals surface area (Å²) in [5, 5.41) is 6.10. The molecule has 1 aliphatic rings. The van der Waals surface area contributed by atoms with Crippen LogP contribution < -0.4 is 19.7 Å². The minimum atomic E-state index is -3.79. The third kappa shape index (κ3) is 4.23. The molecule has 27 heavy (non-hydrogen) atoms. The van der Waals surface area contributed by atoms with Crippen LogP contribution >= 0.6 is 0 Å². The summed E-state index contributed by atoms with van der Waals surface area (Å²) in [6.45, 7) is 1.59. The molecule has 2 N–H and O–H groups in total. The largest absolute Gasteiger partial charge is 0.497 e. The molecule has 1 saturated heterocycles. The standard InChI is InChI=1S/C19H23N3O4S/c1-22(16-6-8-17(26-2)9-7-16)27(24,25)18-5-3-4-14(12-18)19(23)21-15-10-11-20-13-15/h3-9,12,15,20H,10-11,13H2,1-2H3,(H,21,23). The van der Waals surface area contributed by atoms with E-state index in [1.54, 1.807) is 43.5 Å². The first-order valence-corrected chi connectivity index (χ1v) is 10.1. The van der Waals surface area contributed by atoms with Crippen LogP contribution in [0.25, 0.3) is 0 Å². The normalized spacial score (nSPS) is 16.7. The summed E-state index contributed by atoms with van der Waals surface area (Å²) in [6.07, 6.45) is 0.865. The summed E-state index contributed by atoms with van der Waals surface area (Å²) < 4.78 is 32.2. The van der Waals surface area contributed by atoms with E-state index in [-0.39, 0.29) is 16.8 Å². The number of benzene rings is 2. The molecule has 1 atom stereocenters. The molecule has 0 bridgehead atoms. The number of rotatable bonds is 6. The maximum absolute atomic E-state index is 13.0. The zero-order valence-corrected chi connectivity index (χ0v) is 16.1.